The first-order valence-electron chi connectivity index (χ1n) is 9.88. The third-order valence-electron chi connectivity index (χ3n) is 5.79. The van der Waals surface area contributed by atoms with Crippen molar-refractivity contribution in [1.29, 1.82) is 0 Å². The van der Waals surface area contributed by atoms with Gasteiger partial charge in [-0.15, -0.1) is 0 Å². The molecule has 1 aliphatic rings. The molecule has 0 spiro atoms. The van der Waals surface area contributed by atoms with Crippen molar-refractivity contribution in [3.05, 3.63) is 100 Å². The number of fused-ring (bicyclic) bond motifs is 3. The van der Waals surface area contributed by atoms with Gasteiger partial charge < -0.3 is 4.98 Å². The van der Waals surface area contributed by atoms with Crippen LogP contribution in [0.4, 0.5) is 0 Å². The molecule has 0 aliphatic carbocycles. The van der Waals surface area contributed by atoms with Crippen molar-refractivity contribution < 1.29 is 8.42 Å². The summed E-state index contributed by atoms with van der Waals surface area (Å²) in [7, 11) is -3.74. The predicted octanol–water partition coefficient (Wildman–Crippen LogP) is 5.47. The SMILES string of the molecule is Cc1ccc([C@@H]2c3[nH]c4ccccc4c3CCN2S(=O)(=O)c2cccc(Cl)c2)cc1. The van der Waals surface area contributed by atoms with E-state index in [4.69, 9.17) is 11.6 Å². The van der Waals surface area contributed by atoms with Gasteiger partial charge in [-0.25, -0.2) is 8.42 Å². The summed E-state index contributed by atoms with van der Waals surface area (Å²) >= 11 is 6.11. The lowest BCUT2D eigenvalue weighted by atomic mass is 9.94. The number of nitrogens with zero attached hydrogens (tertiary/aromatic N) is 1. The average molecular weight is 437 g/mol. The number of rotatable bonds is 3. The van der Waals surface area contributed by atoms with E-state index in [1.165, 1.54) is 11.6 Å². The third kappa shape index (κ3) is 3.14. The van der Waals surface area contributed by atoms with Crippen LogP contribution in [-0.4, -0.2) is 24.3 Å². The minimum absolute atomic E-state index is 0.215. The molecule has 1 atom stereocenters. The van der Waals surface area contributed by atoms with Gasteiger partial charge in [-0.3, -0.25) is 0 Å². The number of nitrogens with one attached hydrogen (secondary N) is 1. The zero-order valence-corrected chi connectivity index (χ0v) is 18.0. The van der Waals surface area contributed by atoms with Crippen molar-refractivity contribution in [3.8, 4) is 0 Å². The standard InChI is InChI=1S/C24H21ClN2O2S/c1-16-9-11-17(12-10-16)24-23-21(20-7-2-3-8-22(20)26-23)13-14-27(24)30(28,29)19-6-4-5-18(25)15-19/h2-12,15,24,26H,13-14H2,1H3/t24-/m1/s1. The van der Waals surface area contributed by atoms with Crippen molar-refractivity contribution in [2.45, 2.75) is 24.3 Å². The number of aromatic nitrogens is 1. The van der Waals surface area contributed by atoms with Gasteiger partial charge in [-0.2, -0.15) is 4.31 Å². The fourth-order valence-electron chi connectivity index (χ4n) is 4.32. The van der Waals surface area contributed by atoms with Crippen LogP contribution in [0.15, 0.2) is 77.7 Å². The minimum Gasteiger partial charge on any atom is -0.357 e. The predicted molar refractivity (Wildman–Crippen MR) is 120 cm³/mol. The highest BCUT2D eigenvalue weighted by atomic mass is 35.5. The topological polar surface area (TPSA) is 53.2 Å². The Bertz CT molecular complexity index is 1340. The van der Waals surface area contributed by atoms with E-state index in [0.29, 0.717) is 18.0 Å². The first-order chi connectivity index (χ1) is 14.4. The summed E-state index contributed by atoms with van der Waals surface area (Å²) in [6, 6.07) is 22.3. The van der Waals surface area contributed by atoms with Crippen LogP contribution in [0.1, 0.15) is 28.4 Å². The first-order valence-corrected chi connectivity index (χ1v) is 11.7. The highest BCUT2D eigenvalue weighted by Crippen LogP contribution is 2.41. The molecule has 6 heteroatoms. The highest BCUT2D eigenvalue weighted by molar-refractivity contribution is 7.89. The van der Waals surface area contributed by atoms with Crippen LogP contribution in [0.2, 0.25) is 5.02 Å². The monoisotopic (exact) mass is 436 g/mol. The van der Waals surface area contributed by atoms with Gasteiger partial charge in [0.15, 0.2) is 0 Å². The van der Waals surface area contributed by atoms with E-state index in [0.717, 1.165) is 27.7 Å². The number of sulfonamides is 1. The molecule has 152 valence electrons. The Morgan fingerprint density at radius 3 is 2.53 bits per heavy atom. The van der Waals surface area contributed by atoms with E-state index in [1.807, 2.05) is 49.4 Å². The summed E-state index contributed by atoms with van der Waals surface area (Å²) in [6.07, 6.45) is 0.654. The molecule has 0 amide bonds. The summed E-state index contributed by atoms with van der Waals surface area (Å²) in [5.41, 5.74) is 5.24. The Morgan fingerprint density at radius 1 is 1.00 bits per heavy atom. The average Bonchev–Trinajstić information content (AvgIpc) is 3.12. The molecule has 5 rings (SSSR count). The lowest BCUT2D eigenvalue weighted by molar-refractivity contribution is 0.340. The maximum Gasteiger partial charge on any atom is 0.244 e. The zero-order chi connectivity index (χ0) is 20.9. The summed E-state index contributed by atoms with van der Waals surface area (Å²) in [5.74, 6) is 0. The summed E-state index contributed by atoms with van der Waals surface area (Å²) < 4.78 is 28.9. The molecule has 3 aromatic carbocycles. The number of aryl methyl sites for hydroxylation is 1. The molecule has 0 radical (unpaired) electrons. The van der Waals surface area contributed by atoms with Crippen molar-refractivity contribution in [3.63, 3.8) is 0 Å². The summed E-state index contributed by atoms with van der Waals surface area (Å²) in [6.45, 7) is 2.43. The maximum atomic E-state index is 13.7. The van der Waals surface area contributed by atoms with Gasteiger partial charge in [-0.1, -0.05) is 65.7 Å². The number of hydrogen-bond acceptors (Lipinski definition) is 2. The second-order valence-electron chi connectivity index (χ2n) is 7.70. The van der Waals surface area contributed by atoms with Gasteiger partial charge in [0, 0.05) is 28.2 Å². The first kappa shape index (κ1) is 19.4. The van der Waals surface area contributed by atoms with E-state index in [1.54, 1.807) is 22.5 Å². The largest absolute Gasteiger partial charge is 0.357 e. The lowest BCUT2D eigenvalue weighted by Crippen LogP contribution is -2.40. The van der Waals surface area contributed by atoms with Crippen LogP contribution in [-0.2, 0) is 16.4 Å². The van der Waals surface area contributed by atoms with Crippen LogP contribution in [0.3, 0.4) is 0 Å². The minimum atomic E-state index is -3.74. The molecule has 0 bridgehead atoms. The van der Waals surface area contributed by atoms with Crippen molar-refractivity contribution in [2.24, 2.45) is 0 Å². The van der Waals surface area contributed by atoms with Crippen molar-refractivity contribution in [2.75, 3.05) is 6.54 Å². The molecule has 1 aliphatic heterocycles. The fraction of sp³-hybridized carbons (Fsp3) is 0.167. The van der Waals surface area contributed by atoms with E-state index >= 15 is 0 Å². The molecule has 1 aromatic heterocycles. The molecule has 0 saturated heterocycles. The van der Waals surface area contributed by atoms with Crippen LogP contribution >= 0.6 is 11.6 Å². The number of halogens is 1. The number of hydrogen-bond donors (Lipinski definition) is 1. The Labute approximate surface area is 181 Å². The van der Waals surface area contributed by atoms with Gasteiger partial charge in [0.05, 0.1) is 10.9 Å². The van der Waals surface area contributed by atoms with Crippen LogP contribution in [0, 0.1) is 6.92 Å². The molecule has 4 nitrogen and oxygen atoms in total. The number of aromatic amines is 1. The second kappa shape index (κ2) is 7.27. The van der Waals surface area contributed by atoms with Gasteiger partial charge in [0.2, 0.25) is 10.0 Å². The maximum absolute atomic E-state index is 13.7. The third-order valence-corrected chi connectivity index (χ3v) is 7.88. The Kier molecular flexibility index (Phi) is 4.69. The van der Waals surface area contributed by atoms with E-state index in [9.17, 15) is 8.42 Å². The number of para-hydroxylation sites is 1. The van der Waals surface area contributed by atoms with Gasteiger partial charge in [-0.05, 0) is 48.7 Å². The molecular formula is C24H21ClN2O2S. The van der Waals surface area contributed by atoms with Crippen LogP contribution in [0.25, 0.3) is 10.9 Å². The molecule has 0 saturated carbocycles. The highest BCUT2D eigenvalue weighted by Gasteiger charge is 2.39. The van der Waals surface area contributed by atoms with E-state index < -0.39 is 16.1 Å². The smallest absolute Gasteiger partial charge is 0.244 e. The molecule has 0 unspecified atom stereocenters. The molecular weight excluding hydrogens is 416 g/mol. The van der Waals surface area contributed by atoms with E-state index in [-0.39, 0.29) is 4.90 Å². The summed E-state index contributed by atoms with van der Waals surface area (Å²) in [5, 5.41) is 1.57. The molecule has 4 aromatic rings. The molecule has 30 heavy (non-hydrogen) atoms. The normalized spacial score (nSPS) is 17.2. The number of H-pyrrole nitrogens is 1. The van der Waals surface area contributed by atoms with Gasteiger partial charge in [0.25, 0.3) is 0 Å². The van der Waals surface area contributed by atoms with Crippen molar-refractivity contribution in [1.82, 2.24) is 9.29 Å². The Hall–Kier alpha value is -2.60. The summed E-state index contributed by atoms with van der Waals surface area (Å²) in [4.78, 5) is 3.73. The van der Waals surface area contributed by atoms with Crippen LogP contribution in [0.5, 0.6) is 0 Å². The molecule has 1 N–H and O–H groups in total. The lowest BCUT2D eigenvalue weighted by Gasteiger charge is -2.35. The molecule has 0 fully saturated rings. The Balaban J connectivity index is 1.72. The second-order valence-corrected chi connectivity index (χ2v) is 10.0. The van der Waals surface area contributed by atoms with Crippen molar-refractivity contribution >= 4 is 32.5 Å². The van der Waals surface area contributed by atoms with E-state index in [2.05, 4.69) is 11.1 Å². The van der Waals surface area contributed by atoms with Gasteiger partial charge in [0.1, 0.15) is 0 Å². The fourth-order valence-corrected chi connectivity index (χ4v) is 6.21. The quantitative estimate of drug-likeness (QED) is 0.463. The Morgan fingerprint density at radius 2 is 1.77 bits per heavy atom. The molecule has 2 heterocycles. The van der Waals surface area contributed by atoms with Gasteiger partial charge >= 0.3 is 0 Å². The number of benzene rings is 3. The zero-order valence-electron chi connectivity index (χ0n) is 16.5. The van der Waals surface area contributed by atoms with Crippen LogP contribution < -0.4 is 0 Å².